The zero-order valence-corrected chi connectivity index (χ0v) is 19.0. The second-order valence-electron chi connectivity index (χ2n) is 6.94. The molecule has 0 saturated heterocycles. The van der Waals surface area contributed by atoms with Gasteiger partial charge >= 0.3 is 0 Å². The van der Waals surface area contributed by atoms with Crippen LogP contribution < -0.4 is 14.4 Å². The highest BCUT2D eigenvalue weighted by molar-refractivity contribution is 7.92. The average molecular weight is 459 g/mol. The smallest absolute Gasteiger partial charge is 0.264 e. The van der Waals surface area contributed by atoms with E-state index in [-0.39, 0.29) is 4.90 Å². The van der Waals surface area contributed by atoms with Crippen molar-refractivity contribution >= 4 is 38.9 Å². The van der Waals surface area contributed by atoms with E-state index < -0.39 is 22.5 Å². The predicted octanol–water partition coefficient (Wildman–Crippen LogP) is 4.80. The molecule has 0 aliphatic carbocycles. The Balaban J connectivity index is 2.01. The van der Waals surface area contributed by atoms with Gasteiger partial charge in [-0.3, -0.25) is 9.10 Å². The van der Waals surface area contributed by atoms with Gasteiger partial charge < -0.3 is 10.1 Å². The van der Waals surface area contributed by atoms with Crippen LogP contribution in [0.2, 0.25) is 5.02 Å². The van der Waals surface area contributed by atoms with E-state index in [0.29, 0.717) is 22.1 Å². The van der Waals surface area contributed by atoms with Crippen molar-refractivity contribution < 1.29 is 17.9 Å². The van der Waals surface area contributed by atoms with E-state index in [9.17, 15) is 13.2 Å². The summed E-state index contributed by atoms with van der Waals surface area (Å²) in [7, 11) is -2.52. The highest BCUT2D eigenvalue weighted by atomic mass is 35.5. The van der Waals surface area contributed by atoms with Crippen LogP contribution in [0.5, 0.6) is 5.75 Å². The van der Waals surface area contributed by atoms with Gasteiger partial charge in [-0.25, -0.2) is 8.42 Å². The fraction of sp³-hybridized carbons (Fsp3) is 0.174. The maximum Gasteiger partial charge on any atom is 0.264 e. The summed E-state index contributed by atoms with van der Waals surface area (Å²) in [5, 5.41) is 3.12. The van der Waals surface area contributed by atoms with Crippen LogP contribution >= 0.6 is 11.6 Å². The van der Waals surface area contributed by atoms with Crippen molar-refractivity contribution in [3.63, 3.8) is 0 Å². The Hall–Kier alpha value is -3.03. The molecule has 0 aromatic heterocycles. The maximum absolute atomic E-state index is 13.5. The van der Waals surface area contributed by atoms with Crippen molar-refractivity contribution in [2.45, 2.75) is 18.7 Å². The van der Waals surface area contributed by atoms with Crippen molar-refractivity contribution in [3.05, 3.63) is 82.9 Å². The van der Waals surface area contributed by atoms with E-state index in [4.69, 9.17) is 16.3 Å². The molecule has 162 valence electrons. The van der Waals surface area contributed by atoms with Crippen molar-refractivity contribution in [3.8, 4) is 5.75 Å². The third kappa shape index (κ3) is 5.00. The van der Waals surface area contributed by atoms with Crippen molar-refractivity contribution in [1.29, 1.82) is 0 Å². The number of aryl methyl sites for hydroxylation is 1. The first-order valence-electron chi connectivity index (χ1n) is 9.51. The molecule has 0 radical (unpaired) electrons. The number of hydrogen-bond acceptors (Lipinski definition) is 4. The molecular weight excluding hydrogens is 436 g/mol. The van der Waals surface area contributed by atoms with Gasteiger partial charge in [-0.2, -0.15) is 0 Å². The first-order chi connectivity index (χ1) is 14.7. The fourth-order valence-corrected chi connectivity index (χ4v) is 4.79. The second kappa shape index (κ2) is 9.41. The molecule has 3 aromatic carbocycles. The Morgan fingerprint density at radius 2 is 1.74 bits per heavy atom. The van der Waals surface area contributed by atoms with Crippen molar-refractivity contribution in [2.75, 3.05) is 23.3 Å². The van der Waals surface area contributed by atoms with Gasteiger partial charge in [0.05, 0.1) is 23.4 Å². The van der Waals surface area contributed by atoms with E-state index in [2.05, 4.69) is 5.32 Å². The molecule has 0 aliphatic rings. The van der Waals surface area contributed by atoms with Gasteiger partial charge in [0.15, 0.2) is 0 Å². The summed E-state index contributed by atoms with van der Waals surface area (Å²) in [5.74, 6) is -0.108. The summed E-state index contributed by atoms with van der Waals surface area (Å²) in [6.45, 7) is 3.30. The third-order valence-electron chi connectivity index (χ3n) is 4.90. The number of halogens is 1. The van der Waals surface area contributed by atoms with E-state index >= 15 is 0 Å². The van der Waals surface area contributed by atoms with Crippen LogP contribution in [0, 0.1) is 13.8 Å². The summed E-state index contributed by atoms with van der Waals surface area (Å²) in [5.41, 5.74) is 2.49. The minimum Gasteiger partial charge on any atom is -0.495 e. The molecule has 0 bridgehead atoms. The Kier molecular flexibility index (Phi) is 6.87. The molecule has 8 heteroatoms. The quantitative estimate of drug-likeness (QED) is 0.551. The number of amides is 1. The molecule has 6 nitrogen and oxygen atoms in total. The molecule has 0 unspecified atom stereocenters. The van der Waals surface area contributed by atoms with Gasteiger partial charge in [0.2, 0.25) is 5.91 Å². The lowest BCUT2D eigenvalue weighted by molar-refractivity contribution is -0.114. The first-order valence-corrected chi connectivity index (χ1v) is 11.3. The number of methoxy groups -OCH3 is 1. The predicted molar refractivity (Wildman–Crippen MR) is 124 cm³/mol. The standard InChI is InChI=1S/C23H23ClN2O4S/c1-16-8-7-11-21(17(16)2)26(31(28,29)19-9-5-4-6-10-19)15-23(27)25-20-14-18(24)12-13-22(20)30-3/h4-14H,15H2,1-3H3,(H,25,27). The number of hydrogen-bond donors (Lipinski definition) is 1. The fourth-order valence-electron chi connectivity index (χ4n) is 3.12. The Bertz CT molecular complexity index is 1200. The molecule has 0 saturated carbocycles. The number of anilines is 2. The third-order valence-corrected chi connectivity index (χ3v) is 6.91. The lowest BCUT2D eigenvalue weighted by atomic mass is 10.1. The Labute approximate surface area is 187 Å². The Morgan fingerprint density at radius 1 is 1.03 bits per heavy atom. The van der Waals surface area contributed by atoms with E-state index in [0.717, 1.165) is 15.4 Å². The van der Waals surface area contributed by atoms with E-state index in [1.54, 1.807) is 48.5 Å². The number of nitrogens with zero attached hydrogens (tertiary/aromatic N) is 1. The number of benzene rings is 3. The highest BCUT2D eigenvalue weighted by Crippen LogP contribution is 2.30. The topological polar surface area (TPSA) is 75.7 Å². The Morgan fingerprint density at radius 3 is 2.42 bits per heavy atom. The SMILES string of the molecule is COc1ccc(Cl)cc1NC(=O)CN(c1cccc(C)c1C)S(=O)(=O)c1ccccc1. The first kappa shape index (κ1) is 22.7. The number of carbonyl (C=O) groups excluding carboxylic acids is 1. The molecule has 1 amide bonds. The van der Waals surface area contributed by atoms with Crippen LogP contribution in [-0.4, -0.2) is 28.0 Å². The van der Waals surface area contributed by atoms with Gasteiger partial charge in [-0.15, -0.1) is 0 Å². The van der Waals surface area contributed by atoms with Crippen LogP contribution in [0.15, 0.2) is 71.6 Å². The lowest BCUT2D eigenvalue weighted by Gasteiger charge is -2.26. The highest BCUT2D eigenvalue weighted by Gasteiger charge is 2.28. The number of sulfonamides is 1. The number of carbonyl (C=O) groups is 1. The van der Waals surface area contributed by atoms with Crippen LogP contribution in [0.1, 0.15) is 11.1 Å². The molecule has 31 heavy (non-hydrogen) atoms. The molecule has 0 spiro atoms. The van der Waals surface area contributed by atoms with Crippen LogP contribution in [-0.2, 0) is 14.8 Å². The zero-order valence-electron chi connectivity index (χ0n) is 17.4. The monoisotopic (exact) mass is 458 g/mol. The van der Waals surface area contributed by atoms with Gasteiger partial charge in [0.25, 0.3) is 10.0 Å². The molecule has 3 rings (SSSR count). The minimum atomic E-state index is -3.99. The minimum absolute atomic E-state index is 0.101. The lowest BCUT2D eigenvalue weighted by Crippen LogP contribution is -2.38. The average Bonchev–Trinajstić information content (AvgIpc) is 2.75. The number of nitrogens with one attached hydrogen (secondary N) is 1. The second-order valence-corrected chi connectivity index (χ2v) is 9.24. The summed E-state index contributed by atoms with van der Waals surface area (Å²) >= 11 is 6.04. The molecule has 1 N–H and O–H groups in total. The largest absolute Gasteiger partial charge is 0.495 e. The van der Waals surface area contributed by atoms with E-state index in [1.807, 2.05) is 19.9 Å². The summed E-state index contributed by atoms with van der Waals surface area (Å²) < 4.78 is 33.3. The normalized spacial score (nSPS) is 11.1. The zero-order chi connectivity index (χ0) is 22.6. The molecular formula is C23H23ClN2O4S. The maximum atomic E-state index is 13.5. The van der Waals surface area contributed by atoms with E-state index in [1.165, 1.54) is 19.2 Å². The summed E-state index contributed by atoms with van der Waals surface area (Å²) in [6, 6.07) is 18.2. The molecule has 0 heterocycles. The number of rotatable bonds is 7. The molecule has 0 aliphatic heterocycles. The van der Waals surface area contributed by atoms with Crippen molar-refractivity contribution in [2.24, 2.45) is 0 Å². The molecule has 0 fully saturated rings. The summed E-state index contributed by atoms with van der Waals surface area (Å²) in [6.07, 6.45) is 0. The number of ether oxygens (including phenoxy) is 1. The van der Waals surface area contributed by atoms with Gasteiger partial charge in [0.1, 0.15) is 12.3 Å². The van der Waals surface area contributed by atoms with Crippen molar-refractivity contribution in [1.82, 2.24) is 0 Å². The van der Waals surface area contributed by atoms with Crippen LogP contribution in [0.25, 0.3) is 0 Å². The summed E-state index contributed by atoms with van der Waals surface area (Å²) in [4.78, 5) is 13.0. The van der Waals surface area contributed by atoms with Gasteiger partial charge in [-0.05, 0) is 61.4 Å². The van der Waals surface area contributed by atoms with Crippen LogP contribution in [0.3, 0.4) is 0 Å². The molecule has 0 atom stereocenters. The molecule has 3 aromatic rings. The van der Waals surface area contributed by atoms with Crippen LogP contribution in [0.4, 0.5) is 11.4 Å². The van der Waals surface area contributed by atoms with Gasteiger partial charge in [0, 0.05) is 5.02 Å². The van der Waals surface area contributed by atoms with Gasteiger partial charge in [-0.1, -0.05) is 41.9 Å².